The summed E-state index contributed by atoms with van der Waals surface area (Å²) in [5, 5.41) is 12.6. The summed E-state index contributed by atoms with van der Waals surface area (Å²) in [5.74, 6) is -0.732. The van der Waals surface area contributed by atoms with Crippen LogP contribution in [0.1, 0.15) is 19.3 Å². The number of para-hydroxylation sites is 2. The summed E-state index contributed by atoms with van der Waals surface area (Å²) in [6.45, 7) is 2.70. The second-order valence-electron chi connectivity index (χ2n) is 6.02. The molecule has 1 aliphatic heterocycles. The zero-order chi connectivity index (χ0) is 14.8. The van der Waals surface area contributed by atoms with Crippen LogP contribution in [0.4, 0.5) is 11.4 Å². The molecule has 2 aliphatic rings. The van der Waals surface area contributed by atoms with Crippen LogP contribution in [0.5, 0.6) is 0 Å². The molecule has 0 amide bonds. The van der Waals surface area contributed by atoms with E-state index in [1.807, 2.05) is 12.1 Å². The quantitative estimate of drug-likeness (QED) is 0.832. The minimum absolute atomic E-state index is 0.422. The first kappa shape index (κ1) is 14.2. The fourth-order valence-corrected chi connectivity index (χ4v) is 2.90. The van der Waals surface area contributed by atoms with Gasteiger partial charge in [0.1, 0.15) is 6.04 Å². The summed E-state index contributed by atoms with van der Waals surface area (Å²) in [4.78, 5) is 15.9. The Balaban J connectivity index is 1.64. The van der Waals surface area contributed by atoms with Gasteiger partial charge in [0.15, 0.2) is 0 Å². The summed E-state index contributed by atoms with van der Waals surface area (Å²) >= 11 is 0. The van der Waals surface area contributed by atoms with E-state index in [1.54, 1.807) is 0 Å². The molecule has 1 atom stereocenters. The van der Waals surface area contributed by atoms with E-state index < -0.39 is 12.0 Å². The van der Waals surface area contributed by atoms with Gasteiger partial charge >= 0.3 is 5.97 Å². The summed E-state index contributed by atoms with van der Waals surface area (Å²) in [7, 11) is 2.10. The number of carboxylic acid groups (broad SMARTS) is 1. The van der Waals surface area contributed by atoms with E-state index in [-0.39, 0.29) is 0 Å². The van der Waals surface area contributed by atoms with Crippen molar-refractivity contribution in [2.45, 2.75) is 31.3 Å². The van der Waals surface area contributed by atoms with Gasteiger partial charge in [0.05, 0.1) is 11.4 Å². The number of carboxylic acids is 1. The number of aliphatic carboxylic acids is 1. The molecule has 1 aromatic carbocycles. The average Bonchev–Trinajstić information content (AvgIpc) is 3.29. The number of nitrogens with one attached hydrogen (secondary N) is 1. The normalized spacial score (nSPS) is 19.3. The van der Waals surface area contributed by atoms with Crippen molar-refractivity contribution in [3.05, 3.63) is 24.3 Å². The first-order valence-electron chi connectivity index (χ1n) is 7.69. The Bertz CT molecular complexity index is 516. The van der Waals surface area contributed by atoms with E-state index in [4.69, 9.17) is 0 Å². The van der Waals surface area contributed by atoms with E-state index in [0.717, 1.165) is 32.5 Å². The Kier molecular flexibility index (Phi) is 4.01. The van der Waals surface area contributed by atoms with Crippen LogP contribution >= 0.6 is 0 Å². The minimum atomic E-state index is -0.732. The fourth-order valence-electron chi connectivity index (χ4n) is 2.90. The molecule has 2 N–H and O–H groups in total. The highest BCUT2D eigenvalue weighted by Gasteiger charge is 2.29. The highest BCUT2D eigenvalue weighted by Crippen LogP contribution is 2.31. The summed E-state index contributed by atoms with van der Waals surface area (Å²) < 4.78 is 0. The topological polar surface area (TPSA) is 55.8 Å². The van der Waals surface area contributed by atoms with Crippen molar-refractivity contribution in [2.24, 2.45) is 0 Å². The lowest BCUT2D eigenvalue weighted by Gasteiger charge is -2.37. The van der Waals surface area contributed by atoms with Crippen molar-refractivity contribution in [2.75, 3.05) is 36.5 Å². The summed E-state index contributed by atoms with van der Waals surface area (Å²) in [6.07, 6.45) is 2.87. The largest absolute Gasteiger partial charge is 0.480 e. The SMILES string of the molecule is CN1CCN(CCC(NC2CC2)C(=O)O)c2ccccc21. The lowest BCUT2D eigenvalue weighted by Crippen LogP contribution is -2.44. The van der Waals surface area contributed by atoms with E-state index >= 15 is 0 Å². The Morgan fingerprint density at radius 3 is 2.71 bits per heavy atom. The number of nitrogens with zero attached hydrogens (tertiary/aromatic N) is 2. The van der Waals surface area contributed by atoms with Gasteiger partial charge in [0.25, 0.3) is 0 Å². The van der Waals surface area contributed by atoms with Gasteiger partial charge in [-0.2, -0.15) is 0 Å². The van der Waals surface area contributed by atoms with Crippen molar-refractivity contribution in [1.82, 2.24) is 5.32 Å². The molecule has 114 valence electrons. The molecule has 5 nitrogen and oxygen atoms in total. The standard InChI is InChI=1S/C16H23N3O2/c1-18-10-11-19(15-5-3-2-4-14(15)18)9-8-13(16(20)21)17-12-6-7-12/h2-5,12-13,17H,6-11H2,1H3,(H,20,21). The lowest BCUT2D eigenvalue weighted by atomic mass is 10.1. The Morgan fingerprint density at radius 1 is 1.33 bits per heavy atom. The number of carbonyl (C=O) groups is 1. The number of rotatable bonds is 6. The molecule has 0 spiro atoms. The molecule has 3 rings (SSSR count). The van der Waals surface area contributed by atoms with Crippen molar-refractivity contribution < 1.29 is 9.90 Å². The molecule has 0 bridgehead atoms. The van der Waals surface area contributed by atoms with Crippen molar-refractivity contribution in [3.8, 4) is 0 Å². The number of benzene rings is 1. The molecule has 21 heavy (non-hydrogen) atoms. The maximum Gasteiger partial charge on any atom is 0.320 e. The van der Waals surface area contributed by atoms with Gasteiger partial charge in [-0.05, 0) is 31.4 Å². The first-order valence-corrected chi connectivity index (χ1v) is 7.69. The molecule has 1 unspecified atom stereocenters. The molecule has 0 aromatic heterocycles. The smallest absolute Gasteiger partial charge is 0.320 e. The van der Waals surface area contributed by atoms with Crippen LogP contribution in [0.15, 0.2) is 24.3 Å². The molecule has 0 saturated heterocycles. The van der Waals surface area contributed by atoms with Gasteiger partial charge in [-0.15, -0.1) is 0 Å². The number of hydrogen-bond donors (Lipinski definition) is 2. The van der Waals surface area contributed by atoms with Crippen molar-refractivity contribution in [1.29, 1.82) is 0 Å². The zero-order valence-corrected chi connectivity index (χ0v) is 12.5. The minimum Gasteiger partial charge on any atom is -0.480 e. The Labute approximate surface area is 125 Å². The predicted octanol–water partition coefficient (Wildman–Crippen LogP) is 1.54. The van der Waals surface area contributed by atoms with Gasteiger partial charge in [0, 0.05) is 32.7 Å². The van der Waals surface area contributed by atoms with E-state index in [0.29, 0.717) is 12.5 Å². The molecule has 0 radical (unpaired) electrons. The maximum atomic E-state index is 11.3. The highest BCUT2D eigenvalue weighted by atomic mass is 16.4. The van der Waals surface area contributed by atoms with Crippen LogP contribution in [0.25, 0.3) is 0 Å². The number of hydrogen-bond acceptors (Lipinski definition) is 4. The molecule has 1 aliphatic carbocycles. The van der Waals surface area contributed by atoms with Gasteiger partial charge in [-0.25, -0.2) is 0 Å². The summed E-state index contributed by atoms with van der Waals surface area (Å²) in [5.41, 5.74) is 2.44. The van der Waals surface area contributed by atoms with E-state index in [1.165, 1.54) is 11.4 Å². The monoisotopic (exact) mass is 289 g/mol. The second kappa shape index (κ2) is 5.93. The third-order valence-corrected chi connectivity index (χ3v) is 4.34. The number of likely N-dealkylation sites (N-methyl/N-ethyl adjacent to an activating group) is 1. The van der Waals surface area contributed by atoms with Crippen LogP contribution in [-0.2, 0) is 4.79 Å². The van der Waals surface area contributed by atoms with Gasteiger partial charge in [0.2, 0.25) is 0 Å². The number of fused-ring (bicyclic) bond motifs is 1. The molecular weight excluding hydrogens is 266 g/mol. The van der Waals surface area contributed by atoms with Crippen molar-refractivity contribution in [3.63, 3.8) is 0 Å². The van der Waals surface area contributed by atoms with Gasteiger partial charge in [-0.3, -0.25) is 4.79 Å². The van der Waals surface area contributed by atoms with Crippen LogP contribution in [0.2, 0.25) is 0 Å². The third kappa shape index (κ3) is 3.29. The fraction of sp³-hybridized carbons (Fsp3) is 0.562. The van der Waals surface area contributed by atoms with Crippen LogP contribution in [0.3, 0.4) is 0 Å². The van der Waals surface area contributed by atoms with Gasteiger partial charge < -0.3 is 20.2 Å². The first-order chi connectivity index (χ1) is 10.1. The van der Waals surface area contributed by atoms with E-state index in [9.17, 15) is 9.90 Å². The predicted molar refractivity (Wildman–Crippen MR) is 84.1 cm³/mol. The zero-order valence-electron chi connectivity index (χ0n) is 12.5. The molecule has 1 aromatic rings. The molecule has 5 heteroatoms. The van der Waals surface area contributed by atoms with Crippen LogP contribution in [0, 0.1) is 0 Å². The maximum absolute atomic E-state index is 11.3. The molecule has 1 saturated carbocycles. The Hall–Kier alpha value is -1.75. The van der Waals surface area contributed by atoms with E-state index in [2.05, 4.69) is 34.3 Å². The second-order valence-corrected chi connectivity index (χ2v) is 6.02. The van der Waals surface area contributed by atoms with Crippen LogP contribution in [-0.4, -0.2) is 49.8 Å². The average molecular weight is 289 g/mol. The molecular formula is C16H23N3O2. The highest BCUT2D eigenvalue weighted by molar-refractivity contribution is 5.75. The Morgan fingerprint density at radius 2 is 2.05 bits per heavy atom. The van der Waals surface area contributed by atoms with Gasteiger partial charge in [-0.1, -0.05) is 12.1 Å². The molecule has 1 heterocycles. The lowest BCUT2D eigenvalue weighted by molar-refractivity contribution is -0.139. The van der Waals surface area contributed by atoms with Crippen LogP contribution < -0.4 is 15.1 Å². The summed E-state index contributed by atoms with van der Waals surface area (Å²) in [6, 6.07) is 8.33. The number of anilines is 2. The molecule has 1 fully saturated rings. The van der Waals surface area contributed by atoms with Crippen molar-refractivity contribution >= 4 is 17.3 Å². The third-order valence-electron chi connectivity index (χ3n) is 4.34.